The van der Waals surface area contributed by atoms with Gasteiger partial charge in [-0.05, 0) is 25.7 Å². The Morgan fingerprint density at radius 1 is 1.25 bits per heavy atom. The second-order valence-electron chi connectivity index (χ2n) is 4.60. The van der Waals surface area contributed by atoms with Crippen LogP contribution in [0.1, 0.15) is 32.1 Å². The molecule has 1 aliphatic heterocycles. The topological polar surface area (TPSA) is 38.8 Å². The van der Waals surface area contributed by atoms with Crippen molar-refractivity contribution in [3.63, 3.8) is 0 Å². The van der Waals surface area contributed by atoms with Gasteiger partial charge < -0.3 is 9.47 Å². The lowest BCUT2D eigenvalue weighted by molar-refractivity contribution is -0.149. The molecule has 92 valence electrons. The summed E-state index contributed by atoms with van der Waals surface area (Å²) in [6, 6.07) is 0. The summed E-state index contributed by atoms with van der Waals surface area (Å²) in [5, 5.41) is 0. The molecule has 0 atom stereocenters. The van der Waals surface area contributed by atoms with Gasteiger partial charge in [-0.25, -0.2) is 0 Å². The van der Waals surface area contributed by atoms with Gasteiger partial charge in [0, 0.05) is 19.6 Å². The van der Waals surface area contributed by atoms with E-state index in [1.54, 1.807) is 0 Å². The zero-order valence-electron chi connectivity index (χ0n) is 9.82. The SMILES string of the molecule is O=C(CCN1CCOCC1)OC1CCCC1. The number of morpholine rings is 1. The Labute approximate surface area is 96.9 Å². The summed E-state index contributed by atoms with van der Waals surface area (Å²) in [6.07, 6.45) is 5.27. The molecule has 2 aliphatic rings. The first-order valence-electron chi connectivity index (χ1n) is 6.34. The van der Waals surface area contributed by atoms with Crippen LogP contribution in [0.25, 0.3) is 0 Å². The third-order valence-electron chi connectivity index (χ3n) is 3.34. The van der Waals surface area contributed by atoms with E-state index in [2.05, 4.69) is 4.90 Å². The summed E-state index contributed by atoms with van der Waals surface area (Å²) in [5.74, 6) is -0.0293. The van der Waals surface area contributed by atoms with E-state index in [0.29, 0.717) is 6.42 Å². The molecule has 0 aromatic heterocycles. The highest BCUT2D eigenvalue weighted by Crippen LogP contribution is 2.21. The zero-order valence-corrected chi connectivity index (χ0v) is 9.82. The largest absolute Gasteiger partial charge is 0.462 e. The van der Waals surface area contributed by atoms with Crippen molar-refractivity contribution in [1.29, 1.82) is 0 Å². The van der Waals surface area contributed by atoms with E-state index in [0.717, 1.165) is 45.7 Å². The normalized spacial score (nSPS) is 23.5. The molecule has 0 radical (unpaired) electrons. The van der Waals surface area contributed by atoms with Gasteiger partial charge in [0.05, 0.1) is 19.6 Å². The molecule has 16 heavy (non-hydrogen) atoms. The molecule has 4 heteroatoms. The molecule has 1 aliphatic carbocycles. The number of hydrogen-bond acceptors (Lipinski definition) is 4. The summed E-state index contributed by atoms with van der Waals surface area (Å²) in [5.41, 5.74) is 0. The van der Waals surface area contributed by atoms with Crippen molar-refractivity contribution in [2.45, 2.75) is 38.2 Å². The number of rotatable bonds is 4. The van der Waals surface area contributed by atoms with Crippen LogP contribution >= 0.6 is 0 Å². The van der Waals surface area contributed by atoms with Crippen molar-refractivity contribution < 1.29 is 14.3 Å². The molecule has 1 saturated heterocycles. The third kappa shape index (κ3) is 3.76. The molecular formula is C12H21NO3. The summed E-state index contributed by atoms with van der Waals surface area (Å²) in [6.45, 7) is 4.28. The Hall–Kier alpha value is -0.610. The highest BCUT2D eigenvalue weighted by atomic mass is 16.5. The predicted molar refractivity (Wildman–Crippen MR) is 60.2 cm³/mol. The van der Waals surface area contributed by atoms with Crippen LogP contribution < -0.4 is 0 Å². The first-order chi connectivity index (χ1) is 7.84. The first-order valence-corrected chi connectivity index (χ1v) is 6.34. The number of ether oxygens (including phenoxy) is 2. The van der Waals surface area contributed by atoms with Crippen molar-refractivity contribution in [2.75, 3.05) is 32.8 Å². The highest BCUT2D eigenvalue weighted by molar-refractivity contribution is 5.69. The fraction of sp³-hybridized carbons (Fsp3) is 0.917. The molecular weight excluding hydrogens is 206 g/mol. The fourth-order valence-electron chi connectivity index (χ4n) is 2.33. The van der Waals surface area contributed by atoms with Crippen molar-refractivity contribution in [3.05, 3.63) is 0 Å². The third-order valence-corrected chi connectivity index (χ3v) is 3.34. The molecule has 1 heterocycles. The van der Waals surface area contributed by atoms with Gasteiger partial charge >= 0.3 is 5.97 Å². The van der Waals surface area contributed by atoms with Crippen molar-refractivity contribution in [2.24, 2.45) is 0 Å². The van der Waals surface area contributed by atoms with Crippen LogP contribution in [0.15, 0.2) is 0 Å². The quantitative estimate of drug-likeness (QED) is 0.676. The summed E-state index contributed by atoms with van der Waals surface area (Å²) in [7, 11) is 0. The van der Waals surface area contributed by atoms with Crippen LogP contribution in [0, 0.1) is 0 Å². The predicted octanol–water partition coefficient (Wildman–Crippen LogP) is 1.19. The minimum atomic E-state index is -0.0293. The standard InChI is InChI=1S/C12H21NO3/c14-12(16-11-3-1-2-4-11)5-6-13-7-9-15-10-8-13/h11H,1-10H2. The lowest BCUT2D eigenvalue weighted by atomic mass is 10.3. The molecule has 0 aromatic carbocycles. The lowest BCUT2D eigenvalue weighted by Gasteiger charge is -2.26. The Morgan fingerprint density at radius 2 is 1.94 bits per heavy atom. The Morgan fingerprint density at radius 3 is 2.62 bits per heavy atom. The average Bonchev–Trinajstić information content (AvgIpc) is 2.81. The van der Waals surface area contributed by atoms with Gasteiger partial charge in [0.2, 0.25) is 0 Å². The minimum absolute atomic E-state index is 0.0293. The Bertz CT molecular complexity index is 220. The van der Waals surface area contributed by atoms with Gasteiger partial charge in [0.15, 0.2) is 0 Å². The molecule has 0 amide bonds. The number of hydrogen-bond donors (Lipinski definition) is 0. The molecule has 0 aromatic rings. The average molecular weight is 227 g/mol. The van der Waals surface area contributed by atoms with E-state index >= 15 is 0 Å². The fourth-order valence-corrected chi connectivity index (χ4v) is 2.33. The van der Waals surface area contributed by atoms with Crippen LogP contribution in [0.3, 0.4) is 0 Å². The van der Waals surface area contributed by atoms with Gasteiger partial charge in [0.1, 0.15) is 6.10 Å². The number of carbonyl (C=O) groups excluding carboxylic acids is 1. The summed E-state index contributed by atoms with van der Waals surface area (Å²) in [4.78, 5) is 13.8. The van der Waals surface area contributed by atoms with Gasteiger partial charge in [-0.3, -0.25) is 9.69 Å². The molecule has 1 saturated carbocycles. The van der Waals surface area contributed by atoms with Crippen LogP contribution in [0.2, 0.25) is 0 Å². The smallest absolute Gasteiger partial charge is 0.307 e. The van der Waals surface area contributed by atoms with E-state index in [-0.39, 0.29) is 12.1 Å². The lowest BCUT2D eigenvalue weighted by Crippen LogP contribution is -2.37. The number of nitrogens with zero attached hydrogens (tertiary/aromatic N) is 1. The maximum Gasteiger partial charge on any atom is 0.307 e. The Balaban J connectivity index is 1.59. The van der Waals surface area contributed by atoms with Crippen LogP contribution in [0.5, 0.6) is 0 Å². The van der Waals surface area contributed by atoms with E-state index < -0.39 is 0 Å². The molecule has 0 bridgehead atoms. The van der Waals surface area contributed by atoms with Crippen molar-refractivity contribution >= 4 is 5.97 Å². The Kier molecular flexibility index (Phi) is 4.60. The second kappa shape index (κ2) is 6.21. The van der Waals surface area contributed by atoms with Crippen LogP contribution in [-0.2, 0) is 14.3 Å². The second-order valence-corrected chi connectivity index (χ2v) is 4.60. The van der Waals surface area contributed by atoms with Gasteiger partial charge in [-0.15, -0.1) is 0 Å². The van der Waals surface area contributed by atoms with Gasteiger partial charge in [0.25, 0.3) is 0 Å². The van der Waals surface area contributed by atoms with E-state index in [1.807, 2.05) is 0 Å². The van der Waals surface area contributed by atoms with E-state index in [4.69, 9.17) is 9.47 Å². The van der Waals surface area contributed by atoms with Crippen LogP contribution in [-0.4, -0.2) is 49.8 Å². The van der Waals surface area contributed by atoms with E-state index in [1.165, 1.54) is 12.8 Å². The molecule has 4 nitrogen and oxygen atoms in total. The van der Waals surface area contributed by atoms with Crippen LogP contribution in [0.4, 0.5) is 0 Å². The molecule has 2 rings (SSSR count). The first kappa shape index (κ1) is 11.9. The van der Waals surface area contributed by atoms with Crippen molar-refractivity contribution in [3.8, 4) is 0 Å². The van der Waals surface area contributed by atoms with E-state index in [9.17, 15) is 4.79 Å². The zero-order chi connectivity index (χ0) is 11.2. The molecule has 2 fully saturated rings. The maximum atomic E-state index is 11.6. The highest BCUT2D eigenvalue weighted by Gasteiger charge is 2.19. The molecule has 0 unspecified atom stereocenters. The summed E-state index contributed by atoms with van der Waals surface area (Å²) >= 11 is 0. The minimum Gasteiger partial charge on any atom is -0.462 e. The molecule has 0 spiro atoms. The summed E-state index contributed by atoms with van der Waals surface area (Å²) < 4.78 is 10.7. The van der Waals surface area contributed by atoms with Crippen molar-refractivity contribution in [1.82, 2.24) is 4.90 Å². The number of carbonyl (C=O) groups is 1. The maximum absolute atomic E-state index is 11.6. The monoisotopic (exact) mass is 227 g/mol. The molecule has 0 N–H and O–H groups in total. The number of esters is 1. The van der Waals surface area contributed by atoms with Gasteiger partial charge in [-0.1, -0.05) is 0 Å². The van der Waals surface area contributed by atoms with Gasteiger partial charge in [-0.2, -0.15) is 0 Å².